The molecular formula is C11H18OS. The lowest BCUT2D eigenvalue weighted by atomic mass is 9.97. The Morgan fingerprint density at radius 2 is 2.15 bits per heavy atom. The summed E-state index contributed by atoms with van der Waals surface area (Å²) in [6.07, 6.45) is 3.09. The lowest BCUT2D eigenvalue weighted by Gasteiger charge is -2.21. The molecule has 0 bridgehead atoms. The molecule has 1 atom stereocenters. The Morgan fingerprint density at radius 1 is 1.46 bits per heavy atom. The first-order valence-corrected chi connectivity index (χ1v) is 5.67. The molecule has 0 aromatic carbocycles. The normalized spacial score (nSPS) is 15.7. The van der Waals surface area contributed by atoms with Crippen molar-refractivity contribution < 1.29 is 5.11 Å². The first-order chi connectivity index (χ1) is 6.06. The number of aliphatic hydroxyl groups is 1. The van der Waals surface area contributed by atoms with Crippen molar-refractivity contribution in [1.29, 1.82) is 0 Å². The second-order valence-corrected chi connectivity index (χ2v) is 5.08. The van der Waals surface area contributed by atoms with Crippen LogP contribution in [0.1, 0.15) is 42.9 Å². The molecule has 1 heterocycles. The van der Waals surface area contributed by atoms with Gasteiger partial charge in [-0.15, -0.1) is 11.3 Å². The molecule has 1 aromatic rings. The van der Waals surface area contributed by atoms with Crippen molar-refractivity contribution in [3.8, 4) is 0 Å². The molecule has 2 heteroatoms. The predicted molar refractivity (Wildman–Crippen MR) is 58.2 cm³/mol. The topological polar surface area (TPSA) is 20.2 Å². The van der Waals surface area contributed by atoms with E-state index in [1.54, 1.807) is 11.3 Å². The van der Waals surface area contributed by atoms with E-state index in [9.17, 15) is 5.11 Å². The third-order valence-electron chi connectivity index (χ3n) is 2.29. The predicted octanol–water partition coefficient (Wildman–Crippen LogP) is 3.45. The van der Waals surface area contributed by atoms with Crippen LogP contribution in [0.4, 0.5) is 0 Å². The lowest BCUT2D eigenvalue weighted by Crippen LogP contribution is -2.19. The number of thiophene rings is 1. The highest BCUT2D eigenvalue weighted by molar-refractivity contribution is 7.12. The van der Waals surface area contributed by atoms with E-state index in [2.05, 4.69) is 19.9 Å². The molecule has 1 aromatic heterocycles. The molecule has 1 rings (SSSR count). The van der Waals surface area contributed by atoms with Gasteiger partial charge in [0.15, 0.2) is 0 Å². The molecule has 13 heavy (non-hydrogen) atoms. The second-order valence-electron chi connectivity index (χ2n) is 3.79. The van der Waals surface area contributed by atoms with Gasteiger partial charge in [-0.3, -0.25) is 0 Å². The van der Waals surface area contributed by atoms with Crippen LogP contribution in [0, 0.1) is 6.92 Å². The molecule has 1 unspecified atom stereocenters. The highest BCUT2D eigenvalue weighted by atomic mass is 32.1. The van der Waals surface area contributed by atoms with Crippen LogP contribution >= 0.6 is 11.3 Å². The fourth-order valence-corrected chi connectivity index (χ4v) is 2.31. The van der Waals surface area contributed by atoms with Gasteiger partial charge in [0.1, 0.15) is 0 Å². The Kier molecular flexibility index (Phi) is 3.51. The van der Waals surface area contributed by atoms with E-state index in [0.29, 0.717) is 0 Å². The summed E-state index contributed by atoms with van der Waals surface area (Å²) in [5.41, 5.74) is -0.616. The number of hydrogen-bond donors (Lipinski definition) is 1. The fourth-order valence-electron chi connectivity index (χ4n) is 1.37. The molecule has 0 aliphatic carbocycles. The summed E-state index contributed by atoms with van der Waals surface area (Å²) < 4.78 is 0. The molecule has 0 saturated carbocycles. The average Bonchev–Trinajstić information content (AvgIpc) is 2.49. The molecule has 1 N–H and O–H groups in total. The number of aryl methyl sites for hydroxylation is 1. The van der Waals surface area contributed by atoms with Gasteiger partial charge in [-0.1, -0.05) is 19.8 Å². The molecule has 74 valence electrons. The maximum Gasteiger partial charge on any atom is 0.0960 e. The standard InChI is InChI=1S/C11H18OS/c1-4-5-8-11(3,12)10-7-6-9(2)13-10/h6-7,12H,4-5,8H2,1-3H3. The molecule has 0 aliphatic rings. The molecule has 0 amide bonds. The van der Waals surface area contributed by atoms with Crippen LogP contribution in [0.25, 0.3) is 0 Å². The van der Waals surface area contributed by atoms with Crippen molar-refractivity contribution >= 4 is 11.3 Å². The Balaban J connectivity index is 2.68. The third kappa shape index (κ3) is 2.82. The summed E-state index contributed by atoms with van der Waals surface area (Å²) in [6.45, 7) is 6.13. The lowest BCUT2D eigenvalue weighted by molar-refractivity contribution is 0.0491. The number of hydrogen-bond acceptors (Lipinski definition) is 2. The zero-order valence-electron chi connectivity index (χ0n) is 8.63. The van der Waals surface area contributed by atoms with Gasteiger partial charge in [-0.25, -0.2) is 0 Å². The highest BCUT2D eigenvalue weighted by Gasteiger charge is 2.23. The SMILES string of the molecule is CCCCC(C)(O)c1ccc(C)s1. The largest absolute Gasteiger partial charge is 0.385 e. The van der Waals surface area contributed by atoms with Crippen LogP contribution < -0.4 is 0 Å². The van der Waals surface area contributed by atoms with E-state index in [1.165, 1.54) is 4.88 Å². The molecule has 0 aliphatic heterocycles. The molecule has 0 radical (unpaired) electrons. The van der Waals surface area contributed by atoms with E-state index in [1.807, 2.05) is 13.0 Å². The maximum atomic E-state index is 10.1. The van der Waals surface area contributed by atoms with Gasteiger partial charge in [0.25, 0.3) is 0 Å². The van der Waals surface area contributed by atoms with Crippen molar-refractivity contribution in [3.05, 3.63) is 21.9 Å². The molecule has 0 spiro atoms. The van der Waals surface area contributed by atoms with Gasteiger partial charge in [0.05, 0.1) is 5.60 Å². The monoisotopic (exact) mass is 198 g/mol. The van der Waals surface area contributed by atoms with E-state index in [-0.39, 0.29) is 0 Å². The van der Waals surface area contributed by atoms with Crippen LogP contribution in [0.15, 0.2) is 12.1 Å². The second kappa shape index (κ2) is 4.25. The summed E-state index contributed by atoms with van der Waals surface area (Å²) in [5, 5.41) is 10.1. The van der Waals surface area contributed by atoms with E-state index < -0.39 is 5.60 Å². The molecule has 1 nitrogen and oxygen atoms in total. The van der Waals surface area contributed by atoms with Crippen molar-refractivity contribution in [1.82, 2.24) is 0 Å². The Bertz CT molecular complexity index is 263. The van der Waals surface area contributed by atoms with Gasteiger partial charge < -0.3 is 5.11 Å². The van der Waals surface area contributed by atoms with Crippen LogP contribution in [0.2, 0.25) is 0 Å². The fraction of sp³-hybridized carbons (Fsp3) is 0.636. The molecule has 0 fully saturated rings. The minimum absolute atomic E-state index is 0.616. The number of rotatable bonds is 4. The highest BCUT2D eigenvalue weighted by Crippen LogP contribution is 2.31. The molecule has 0 saturated heterocycles. The quantitative estimate of drug-likeness (QED) is 0.785. The van der Waals surface area contributed by atoms with Gasteiger partial charge in [0, 0.05) is 9.75 Å². The van der Waals surface area contributed by atoms with Crippen molar-refractivity contribution in [2.24, 2.45) is 0 Å². The smallest absolute Gasteiger partial charge is 0.0960 e. The summed E-state index contributed by atoms with van der Waals surface area (Å²) in [6, 6.07) is 4.11. The Morgan fingerprint density at radius 3 is 2.62 bits per heavy atom. The van der Waals surface area contributed by atoms with Crippen molar-refractivity contribution in [3.63, 3.8) is 0 Å². The Labute approximate surface area is 84.4 Å². The van der Waals surface area contributed by atoms with E-state index >= 15 is 0 Å². The van der Waals surface area contributed by atoms with Crippen LogP contribution in [-0.2, 0) is 5.60 Å². The maximum absolute atomic E-state index is 10.1. The van der Waals surface area contributed by atoms with Crippen molar-refractivity contribution in [2.45, 2.75) is 45.6 Å². The van der Waals surface area contributed by atoms with Crippen LogP contribution in [0.3, 0.4) is 0 Å². The minimum Gasteiger partial charge on any atom is -0.385 e. The van der Waals surface area contributed by atoms with Gasteiger partial charge in [-0.2, -0.15) is 0 Å². The number of unbranched alkanes of at least 4 members (excludes halogenated alkanes) is 1. The third-order valence-corrected chi connectivity index (χ3v) is 3.54. The van der Waals surface area contributed by atoms with E-state index in [4.69, 9.17) is 0 Å². The van der Waals surface area contributed by atoms with Crippen LogP contribution in [-0.4, -0.2) is 5.11 Å². The van der Waals surface area contributed by atoms with Gasteiger partial charge >= 0.3 is 0 Å². The summed E-state index contributed by atoms with van der Waals surface area (Å²) in [5.74, 6) is 0. The summed E-state index contributed by atoms with van der Waals surface area (Å²) >= 11 is 1.70. The summed E-state index contributed by atoms with van der Waals surface area (Å²) in [4.78, 5) is 2.37. The zero-order valence-corrected chi connectivity index (χ0v) is 9.45. The van der Waals surface area contributed by atoms with Gasteiger partial charge in [0.2, 0.25) is 0 Å². The minimum atomic E-state index is -0.616. The van der Waals surface area contributed by atoms with Crippen LogP contribution in [0.5, 0.6) is 0 Å². The van der Waals surface area contributed by atoms with Gasteiger partial charge in [-0.05, 0) is 32.4 Å². The average molecular weight is 198 g/mol. The van der Waals surface area contributed by atoms with E-state index in [0.717, 1.165) is 24.1 Å². The first kappa shape index (κ1) is 10.7. The van der Waals surface area contributed by atoms with Crippen molar-refractivity contribution in [2.75, 3.05) is 0 Å². The zero-order chi connectivity index (χ0) is 9.90. The summed E-state index contributed by atoms with van der Waals surface area (Å²) in [7, 11) is 0. The molecular weight excluding hydrogens is 180 g/mol. The Hall–Kier alpha value is -0.340. The first-order valence-electron chi connectivity index (χ1n) is 4.85.